The lowest BCUT2D eigenvalue weighted by molar-refractivity contribution is -0.384. The van der Waals surface area contributed by atoms with E-state index in [0.29, 0.717) is 56.5 Å². The van der Waals surface area contributed by atoms with Crippen molar-refractivity contribution in [2.24, 2.45) is 0 Å². The van der Waals surface area contributed by atoms with E-state index in [0.717, 1.165) is 13.1 Å². The van der Waals surface area contributed by atoms with E-state index in [1.165, 1.54) is 23.1 Å². The van der Waals surface area contributed by atoms with Crippen molar-refractivity contribution in [1.29, 1.82) is 0 Å². The molecule has 0 bridgehead atoms. The summed E-state index contributed by atoms with van der Waals surface area (Å²) in [7, 11) is 0. The average molecular weight is 510 g/mol. The zero-order valence-electron chi connectivity index (χ0n) is 20.1. The van der Waals surface area contributed by atoms with Crippen LogP contribution in [0.5, 0.6) is 11.5 Å². The summed E-state index contributed by atoms with van der Waals surface area (Å²) in [6.45, 7) is 4.57. The minimum Gasteiger partial charge on any atom is -0.507 e. The third kappa shape index (κ3) is 5.00. The van der Waals surface area contributed by atoms with Gasteiger partial charge in [-0.05, 0) is 30.2 Å². The van der Waals surface area contributed by atoms with Crippen LogP contribution >= 0.6 is 0 Å². The van der Waals surface area contributed by atoms with Crippen LogP contribution in [0.25, 0.3) is 5.76 Å². The molecule has 1 amide bonds. The first-order chi connectivity index (χ1) is 17.9. The van der Waals surface area contributed by atoms with Gasteiger partial charge in [0.2, 0.25) is 0 Å². The molecule has 0 saturated carbocycles. The molecular formula is C26H27N3O8. The van der Waals surface area contributed by atoms with Crippen LogP contribution in [-0.4, -0.2) is 84.1 Å². The van der Waals surface area contributed by atoms with Gasteiger partial charge in [-0.3, -0.25) is 24.6 Å². The van der Waals surface area contributed by atoms with Gasteiger partial charge in [-0.15, -0.1) is 0 Å². The Morgan fingerprint density at radius 3 is 2.51 bits per heavy atom. The summed E-state index contributed by atoms with van der Waals surface area (Å²) in [5.41, 5.74) is 0.370. The number of hydrogen-bond acceptors (Lipinski definition) is 9. The zero-order chi connectivity index (χ0) is 25.9. The summed E-state index contributed by atoms with van der Waals surface area (Å²) >= 11 is 0. The Balaban J connectivity index is 1.51. The van der Waals surface area contributed by atoms with Gasteiger partial charge in [0.15, 0.2) is 11.5 Å². The Hall–Kier alpha value is -3.96. The minimum absolute atomic E-state index is 0.117. The Kier molecular flexibility index (Phi) is 7.06. The highest BCUT2D eigenvalue weighted by Crippen LogP contribution is 2.41. The molecule has 5 rings (SSSR count). The van der Waals surface area contributed by atoms with Gasteiger partial charge in [0.05, 0.1) is 29.8 Å². The van der Waals surface area contributed by atoms with E-state index < -0.39 is 22.7 Å². The van der Waals surface area contributed by atoms with Crippen LogP contribution in [0.2, 0.25) is 0 Å². The third-order valence-electron chi connectivity index (χ3n) is 6.73. The Bertz CT molecular complexity index is 1250. The fourth-order valence-electron chi connectivity index (χ4n) is 4.90. The van der Waals surface area contributed by atoms with Crippen LogP contribution in [0, 0.1) is 10.1 Å². The number of likely N-dealkylation sites (tertiary alicyclic amines) is 1. The van der Waals surface area contributed by atoms with E-state index in [2.05, 4.69) is 4.90 Å². The van der Waals surface area contributed by atoms with E-state index in [1.54, 1.807) is 24.3 Å². The number of aliphatic hydroxyl groups is 1. The molecule has 2 aromatic rings. The molecule has 3 heterocycles. The van der Waals surface area contributed by atoms with Gasteiger partial charge in [-0.1, -0.05) is 12.1 Å². The Morgan fingerprint density at radius 1 is 1.00 bits per heavy atom. The molecule has 11 nitrogen and oxygen atoms in total. The summed E-state index contributed by atoms with van der Waals surface area (Å²) in [4.78, 5) is 41.0. The van der Waals surface area contributed by atoms with Gasteiger partial charge in [0.1, 0.15) is 19.0 Å². The number of nitro benzene ring substituents is 1. The lowest BCUT2D eigenvalue weighted by atomic mass is 9.94. The Labute approximate surface area is 213 Å². The van der Waals surface area contributed by atoms with Crippen LogP contribution in [0.3, 0.4) is 0 Å². The number of ketones is 1. The SMILES string of the molecule is O=C1C(=O)N(CCCN2CCOCC2)[C@H](c2cccc([N+](=O)[O-])c2)/C1=C(\O)c1ccc2c(c1)OCCO2. The molecule has 0 aromatic heterocycles. The number of morpholine rings is 1. The number of benzene rings is 2. The summed E-state index contributed by atoms with van der Waals surface area (Å²) in [6, 6.07) is 9.60. The molecule has 0 unspecified atom stereocenters. The molecule has 2 saturated heterocycles. The molecule has 2 fully saturated rings. The number of rotatable bonds is 7. The molecule has 0 radical (unpaired) electrons. The molecule has 37 heavy (non-hydrogen) atoms. The second-order valence-electron chi connectivity index (χ2n) is 9.01. The first kappa shape index (κ1) is 24.7. The molecule has 3 aliphatic heterocycles. The molecule has 1 atom stereocenters. The summed E-state index contributed by atoms with van der Waals surface area (Å²) in [5, 5.41) is 22.7. The number of ether oxygens (including phenoxy) is 3. The highest BCUT2D eigenvalue weighted by Gasteiger charge is 2.46. The maximum absolute atomic E-state index is 13.3. The number of hydrogen-bond donors (Lipinski definition) is 1. The lowest BCUT2D eigenvalue weighted by Gasteiger charge is -2.29. The monoisotopic (exact) mass is 509 g/mol. The van der Waals surface area contributed by atoms with Crippen LogP contribution in [0.15, 0.2) is 48.0 Å². The van der Waals surface area contributed by atoms with Crippen LogP contribution in [0.1, 0.15) is 23.6 Å². The van der Waals surface area contributed by atoms with Crippen LogP contribution < -0.4 is 9.47 Å². The van der Waals surface area contributed by atoms with E-state index in [4.69, 9.17) is 14.2 Å². The smallest absolute Gasteiger partial charge is 0.295 e. The molecule has 11 heteroatoms. The quantitative estimate of drug-likeness (QED) is 0.197. The third-order valence-corrected chi connectivity index (χ3v) is 6.73. The van der Waals surface area contributed by atoms with Crippen molar-refractivity contribution in [3.8, 4) is 11.5 Å². The normalized spacial score (nSPS) is 21.3. The molecule has 194 valence electrons. The van der Waals surface area contributed by atoms with Crippen molar-refractivity contribution in [2.45, 2.75) is 12.5 Å². The maximum atomic E-state index is 13.3. The van der Waals surface area contributed by atoms with Gasteiger partial charge >= 0.3 is 0 Å². The fraction of sp³-hybridized carbons (Fsp3) is 0.385. The Morgan fingerprint density at radius 2 is 1.76 bits per heavy atom. The number of carbonyl (C=O) groups excluding carboxylic acids is 2. The number of carbonyl (C=O) groups is 2. The number of amides is 1. The van der Waals surface area contributed by atoms with Gasteiger partial charge in [0.25, 0.3) is 17.4 Å². The molecule has 3 aliphatic rings. The largest absolute Gasteiger partial charge is 0.507 e. The first-order valence-corrected chi connectivity index (χ1v) is 12.2. The molecular weight excluding hydrogens is 482 g/mol. The molecule has 2 aromatic carbocycles. The highest BCUT2D eigenvalue weighted by atomic mass is 16.6. The van der Waals surface area contributed by atoms with E-state index in [1.807, 2.05) is 0 Å². The summed E-state index contributed by atoms with van der Waals surface area (Å²) in [6.07, 6.45) is 0.586. The van der Waals surface area contributed by atoms with Crippen molar-refractivity contribution in [3.05, 3.63) is 69.3 Å². The number of non-ortho nitro benzene ring substituents is 1. The van der Waals surface area contributed by atoms with Crippen molar-refractivity contribution < 1.29 is 33.8 Å². The average Bonchev–Trinajstić information content (AvgIpc) is 3.18. The van der Waals surface area contributed by atoms with Gasteiger partial charge in [-0.2, -0.15) is 0 Å². The first-order valence-electron chi connectivity index (χ1n) is 12.2. The van der Waals surface area contributed by atoms with Crippen LogP contribution in [0.4, 0.5) is 5.69 Å². The number of nitro groups is 1. The summed E-state index contributed by atoms with van der Waals surface area (Å²) in [5.74, 6) is -1.03. The van der Waals surface area contributed by atoms with Crippen molar-refractivity contribution in [3.63, 3.8) is 0 Å². The second kappa shape index (κ2) is 10.6. The molecule has 1 N–H and O–H groups in total. The molecule has 0 spiro atoms. The number of nitrogens with zero attached hydrogens (tertiary/aromatic N) is 3. The van der Waals surface area contributed by atoms with Crippen molar-refractivity contribution >= 4 is 23.1 Å². The van der Waals surface area contributed by atoms with E-state index in [-0.39, 0.29) is 29.1 Å². The van der Waals surface area contributed by atoms with Gasteiger partial charge in [-0.25, -0.2) is 0 Å². The maximum Gasteiger partial charge on any atom is 0.295 e. The highest BCUT2D eigenvalue weighted by molar-refractivity contribution is 6.46. The molecule has 0 aliphatic carbocycles. The van der Waals surface area contributed by atoms with Crippen molar-refractivity contribution in [1.82, 2.24) is 9.80 Å². The minimum atomic E-state index is -0.974. The predicted molar refractivity (Wildman–Crippen MR) is 131 cm³/mol. The topological polar surface area (TPSA) is 132 Å². The zero-order valence-corrected chi connectivity index (χ0v) is 20.1. The number of fused-ring (bicyclic) bond motifs is 1. The second-order valence-corrected chi connectivity index (χ2v) is 9.01. The number of aliphatic hydroxyl groups excluding tert-OH is 1. The van der Waals surface area contributed by atoms with Gasteiger partial charge < -0.3 is 24.2 Å². The summed E-state index contributed by atoms with van der Waals surface area (Å²) < 4.78 is 16.5. The van der Waals surface area contributed by atoms with E-state index in [9.17, 15) is 24.8 Å². The standard InChI is InChI=1S/C26H27N3O8/c30-24(18-5-6-20-21(16-18)37-14-13-36-20)22-23(17-3-1-4-19(15-17)29(33)34)28(26(32)25(22)31)8-2-7-27-9-11-35-12-10-27/h1,3-6,15-16,23,30H,2,7-14H2/b24-22+/t23-/m1/s1. The number of Topliss-reactive ketones (excluding diaryl/α,β-unsaturated/α-hetero) is 1. The fourth-order valence-corrected chi connectivity index (χ4v) is 4.90. The predicted octanol–water partition coefficient (Wildman–Crippen LogP) is 2.51. The van der Waals surface area contributed by atoms with E-state index >= 15 is 0 Å². The lowest BCUT2D eigenvalue weighted by Crippen LogP contribution is -2.39. The van der Waals surface area contributed by atoms with Crippen molar-refractivity contribution in [2.75, 3.05) is 52.6 Å². The van der Waals surface area contributed by atoms with Crippen LogP contribution in [-0.2, 0) is 14.3 Å². The van der Waals surface area contributed by atoms with Gasteiger partial charge in [0, 0.05) is 43.9 Å².